The van der Waals surface area contributed by atoms with E-state index in [-0.39, 0.29) is 6.04 Å². The summed E-state index contributed by atoms with van der Waals surface area (Å²) in [6, 6.07) is -0.149. The van der Waals surface area contributed by atoms with Crippen molar-refractivity contribution in [3.8, 4) is 0 Å². The van der Waals surface area contributed by atoms with Crippen LogP contribution < -0.4 is 0 Å². The SMILES string of the molecule is COCCCOCCC1CCCCN1C(=O)c1c(C(F)F)nn(C)c1F. The van der Waals surface area contributed by atoms with E-state index in [0.717, 1.165) is 25.7 Å². The molecule has 2 rings (SSSR count). The monoisotopic (exact) mass is 377 g/mol. The normalized spacial score (nSPS) is 17.9. The molecule has 148 valence electrons. The van der Waals surface area contributed by atoms with Gasteiger partial charge in [0, 0.05) is 46.6 Å². The van der Waals surface area contributed by atoms with Crippen molar-refractivity contribution in [1.29, 1.82) is 0 Å². The molecule has 1 aliphatic rings. The predicted molar refractivity (Wildman–Crippen MR) is 88.7 cm³/mol. The first kappa shape index (κ1) is 20.7. The van der Waals surface area contributed by atoms with Crippen molar-refractivity contribution in [3.05, 3.63) is 17.2 Å². The van der Waals surface area contributed by atoms with Crippen LogP contribution in [0.2, 0.25) is 0 Å². The van der Waals surface area contributed by atoms with Gasteiger partial charge in [-0.2, -0.15) is 9.49 Å². The van der Waals surface area contributed by atoms with Gasteiger partial charge in [-0.1, -0.05) is 0 Å². The van der Waals surface area contributed by atoms with E-state index in [1.807, 2.05) is 0 Å². The van der Waals surface area contributed by atoms with Crippen molar-refractivity contribution >= 4 is 5.91 Å². The molecule has 0 N–H and O–H groups in total. The molecule has 1 fully saturated rings. The topological polar surface area (TPSA) is 56.6 Å². The van der Waals surface area contributed by atoms with Crippen molar-refractivity contribution in [2.75, 3.05) is 33.5 Å². The number of hydrogen-bond acceptors (Lipinski definition) is 4. The Bertz CT molecular complexity index is 595. The average molecular weight is 377 g/mol. The lowest BCUT2D eigenvalue weighted by Gasteiger charge is -2.35. The number of carbonyl (C=O) groups is 1. The van der Waals surface area contributed by atoms with Crippen molar-refractivity contribution < 1.29 is 27.4 Å². The molecule has 9 heteroatoms. The highest BCUT2D eigenvalue weighted by atomic mass is 19.3. The summed E-state index contributed by atoms with van der Waals surface area (Å²) in [6.45, 7) is 2.05. The zero-order valence-electron chi connectivity index (χ0n) is 15.2. The molecule has 0 spiro atoms. The molecule has 1 atom stereocenters. The van der Waals surface area contributed by atoms with E-state index in [4.69, 9.17) is 9.47 Å². The Balaban J connectivity index is 2.04. The number of likely N-dealkylation sites (tertiary alicyclic amines) is 1. The summed E-state index contributed by atoms with van der Waals surface area (Å²) in [6.07, 6.45) is 0.821. The fourth-order valence-corrected chi connectivity index (χ4v) is 3.21. The summed E-state index contributed by atoms with van der Waals surface area (Å²) < 4.78 is 51.7. The highest BCUT2D eigenvalue weighted by Gasteiger charge is 2.35. The standard InChI is InChI=1S/C17H26F3N3O3/c1-22-16(20)13(14(21-22)15(18)19)17(24)23-8-4-3-6-12(23)7-11-26-10-5-9-25-2/h12,15H,3-11H2,1-2H3. The molecule has 1 aromatic heterocycles. The Morgan fingerprint density at radius 1 is 1.31 bits per heavy atom. The van der Waals surface area contributed by atoms with Crippen LogP contribution in [0, 0.1) is 5.95 Å². The molecule has 1 aliphatic heterocycles. The van der Waals surface area contributed by atoms with E-state index in [9.17, 15) is 18.0 Å². The molecule has 1 amide bonds. The second kappa shape index (κ2) is 9.91. The molecule has 26 heavy (non-hydrogen) atoms. The van der Waals surface area contributed by atoms with E-state index in [1.165, 1.54) is 11.9 Å². The second-order valence-corrected chi connectivity index (χ2v) is 6.37. The van der Waals surface area contributed by atoms with Gasteiger partial charge in [0.2, 0.25) is 5.95 Å². The van der Waals surface area contributed by atoms with E-state index in [2.05, 4.69) is 5.10 Å². The Morgan fingerprint density at radius 2 is 2.08 bits per heavy atom. The number of hydrogen-bond donors (Lipinski definition) is 0. The third-order valence-corrected chi connectivity index (χ3v) is 4.55. The van der Waals surface area contributed by atoms with Gasteiger partial charge in [0.05, 0.1) is 0 Å². The van der Waals surface area contributed by atoms with Crippen molar-refractivity contribution in [3.63, 3.8) is 0 Å². The zero-order chi connectivity index (χ0) is 19.1. The van der Waals surface area contributed by atoms with Crippen LogP contribution in [0.4, 0.5) is 13.2 Å². The summed E-state index contributed by atoms with van der Waals surface area (Å²) in [4.78, 5) is 14.3. The van der Waals surface area contributed by atoms with Crippen molar-refractivity contribution in [2.45, 2.75) is 44.6 Å². The van der Waals surface area contributed by atoms with E-state index in [1.54, 1.807) is 7.11 Å². The number of amides is 1. The van der Waals surface area contributed by atoms with Crippen LogP contribution >= 0.6 is 0 Å². The number of carbonyl (C=O) groups excluding carboxylic acids is 1. The quantitative estimate of drug-likeness (QED) is 0.621. The van der Waals surface area contributed by atoms with Gasteiger partial charge in [-0.25, -0.2) is 13.5 Å². The summed E-state index contributed by atoms with van der Waals surface area (Å²) in [5, 5.41) is 3.46. The summed E-state index contributed by atoms with van der Waals surface area (Å²) in [5.41, 5.74) is -1.41. The second-order valence-electron chi connectivity index (χ2n) is 6.37. The van der Waals surface area contributed by atoms with E-state index in [0.29, 0.717) is 37.5 Å². The first-order valence-corrected chi connectivity index (χ1v) is 8.85. The lowest BCUT2D eigenvalue weighted by atomic mass is 9.98. The number of halogens is 3. The number of aryl methyl sites for hydroxylation is 1. The van der Waals surface area contributed by atoms with E-state index < -0.39 is 29.5 Å². The van der Waals surface area contributed by atoms with Crippen molar-refractivity contribution in [1.82, 2.24) is 14.7 Å². The maximum atomic E-state index is 14.2. The van der Waals surface area contributed by atoms with Gasteiger partial charge in [-0.05, 0) is 32.1 Å². The lowest BCUT2D eigenvalue weighted by molar-refractivity contribution is 0.0479. The highest BCUT2D eigenvalue weighted by molar-refractivity contribution is 5.95. The molecule has 0 saturated carbocycles. The Hall–Kier alpha value is -1.61. The summed E-state index contributed by atoms with van der Waals surface area (Å²) in [7, 11) is 2.83. The largest absolute Gasteiger partial charge is 0.385 e. The Labute approximate surface area is 151 Å². The minimum absolute atomic E-state index is 0.149. The number of ether oxygens (including phenoxy) is 2. The van der Waals surface area contributed by atoms with Gasteiger partial charge >= 0.3 is 0 Å². The molecule has 1 saturated heterocycles. The zero-order valence-corrected chi connectivity index (χ0v) is 15.2. The minimum atomic E-state index is -3.00. The van der Waals surface area contributed by atoms with Crippen LogP contribution in [-0.2, 0) is 16.5 Å². The van der Waals surface area contributed by atoms with Gasteiger partial charge in [-0.3, -0.25) is 4.79 Å². The summed E-state index contributed by atoms with van der Waals surface area (Å²) >= 11 is 0. The Morgan fingerprint density at radius 3 is 2.77 bits per heavy atom. The third kappa shape index (κ3) is 4.97. The molecule has 0 radical (unpaired) electrons. The van der Waals surface area contributed by atoms with Crippen LogP contribution in [0.1, 0.15) is 54.6 Å². The number of methoxy groups -OCH3 is 1. The molecule has 1 aromatic rings. The summed E-state index contributed by atoms with van der Waals surface area (Å²) in [5.74, 6) is -1.74. The van der Waals surface area contributed by atoms with E-state index >= 15 is 0 Å². The van der Waals surface area contributed by atoms with Crippen LogP contribution in [0.3, 0.4) is 0 Å². The molecule has 6 nitrogen and oxygen atoms in total. The smallest absolute Gasteiger partial charge is 0.283 e. The van der Waals surface area contributed by atoms with Gasteiger partial charge in [0.25, 0.3) is 12.3 Å². The molecular formula is C17H26F3N3O3. The average Bonchev–Trinajstić information content (AvgIpc) is 2.93. The van der Waals surface area contributed by atoms with Gasteiger partial charge in [0.1, 0.15) is 11.3 Å². The van der Waals surface area contributed by atoms with Gasteiger partial charge < -0.3 is 14.4 Å². The first-order chi connectivity index (χ1) is 12.5. The number of rotatable bonds is 9. The molecule has 2 heterocycles. The fourth-order valence-electron chi connectivity index (χ4n) is 3.21. The predicted octanol–water partition coefficient (Wildman–Crippen LogP) is 2.93. The number of nitrogens with zero attached hydrogens (tertiary/aromatic N) is 3. The molecule has 0 bridgehead atoms. The molecule has 1 unspecified atom stereocenters. The maximum Gasteiger partial charge on any atom is 0.283 e. The number of alkyl halides is 2. The minimum Gasteiger partial charge on any atom is -0.385 e. The maximum absolute atomic E-state index is 14.2. The van der Waals surface area contributed by atoms with Gasteiger partial charge in [0.15, 0.2) is 0 Å². The van der Waals surface area contributed by atoms with Crippen LogP contribution in [0.25, 0.3) is 0 Å². The molecule has 0 aromatic carbocycles. The lowest BCUT2D eigenvalue weighted by Crippen LogP contribution is -2.44. The highest BCUT2D eigenvalue weighted by Crippen LogP contribution is 2.28. The van der Waals surface area contributed by atoms with Crippen molar-refractivity contribution in [2.24, 2.45) is 7.05 Å². The van der Waals surface area contributed by atoms with Crippen LogP contribution in [-0.4, -0.2) is 60.1 Å². The molecular weight excluding hydrogens is 351 g/mol. The Kier molecular flexibility index (Phi) is 7.89. The number of aromatic nitrogens is 2. The van der Waals surface area contributed by atoms with Gasteiger partial charge in [-0.15, -0.1) is 0 Å². The fraction of sp³-hybridized carbons (Fsp3) is 0.765. The third-order valence-electron chi connectivity index (χ3n) is 4.55. The molecule has 0 aliphatic carbocycles. The van der Waals surface area contributed by atoms with Crippen LogP contribution in [0.5, 0.6) is 0 Å². The number of piperidine rings is 1. The first-order valence-electron chi connectivity index (χ1n) is 8.85. The van der Waals surface area contributed by atoms with Crippen LogP contribution in [0.15, 0.2) is 0 Å².